The maximum Gasteiger partial charge on any atom is 0.229 e. The normalized spacial score (nSPS) is 18.6. The molecule has 1 heterocycles. The summed E-state index contributed by atoms with van der Waals surface area (Å²) in [7, 11) is 4.91. The molecule has 0 fully saturated rings. The molecule has 0 aromatic heterocycles. The summed E-state index contributed by atoms with van der Waals surface area (Å²) in [6.07, 6.45) is 0.0618. The van der Waals surface area contributed by atoms with Crippen molar-refractivity contribution in [1.82, 2.24) is 5.06 Å². The van der Waals surface area contributed by atoms with Gasteiger partial charge in [-0.25, -0.2) is 14.9 Å². The molecule has 0 aliphatic carbocycles. The van der Waals surface area contributed by atoms with Crippen LogP contribution in [0.1, 0.15) is 24.5 Å². The zero-order valence-electron chi connectivity index (χ0n) is 16.8. The maximum absolute atomic E-state index is 12.6. The largest absolute Gasteiger partial charge is 0.497 e. The lowest BCUT2D eigenvalue weighted by Crippen LogP contribution is -2.32. The second kappa shape index (κ2) is 7.90. The average Bonchev–Trinajstić information content (AvgIpc) is 2.95. The van der Waals surface area contributed by atoms with Crippen molar-refractivity contribution in [2.45, 2.75) is 26.0 Å². The molecule has 0 bridgehead atoms. The first kappa shape index (κ1) is 19.7. The van der Waals surface area contributed by atoms with Crippen molar-refractivity contribution in [3.05, 3.63) is 53.6 Å². The zero-order chi connectivity index (χ0) is 20.3. The number of hydrogen-bond donors (Lipinski definition) is 1. The van der Waals surface area contributed by atoms with Crippen molar-refractivity contribution >= 4 is 17.4 Å². The van der Waals surface area contributed by atoms with Crippen molar-refractivity contribution in [2.24, 2.45) is 4.99 Å². The summed E-state index contributed by atoms with van der Waals surface area (Å²) in [4.78, 5) is 23.2. The molecule has 0 radical (unpaired) electrons. The van der Waals surface area contributed by atoms with E-state index in [0.29, 0.717) is 23.0 Å². The van der Waals surface area contributed by atoms with Crippen LogP contribution < -0.4 is 14.8 Å². The van der Waals surface area contributed by atoms with Gasteiger partial charge in [-0.3, -0.25) is 4.79 Å². The minimum atomic E-state index is -0.987. The summed E-state index contributed by atoms with van der Waals surface area (Å²) in [6.45, 7) is 3.81. The number of amidine groups is 1. The van der Waals surface area contributed by atoms with Crippen molar-refractivity contribution in [3.8, 4) is 11.5 Å². The number of hydroxylamine groups is 2. The van der Waals surface area contributed by atoms with Crippen LogP contribution in [0.2, 0.25) is 0 Å². The van der Waals surface area contributed by atoms with Gasteiger partial charge in [-0.05, 0) is 19.4 Å². The fraction of sp³-hybridized carbons (Fsp3) is 0.333. The van der Waals surface area contributed by atoms with Crippen LogP contribution in [-0.2, 0) is 9.63 Å². The number of anilines is 1. The van der Waals surface area contributed by atoms with Crippen molar-refractivity contribution in [3.63, 3.8) is 0 Å². The number of aliphatic imine (C=N–C) groups is 1. The van der Waals surface area contributed by atoms with E-state index in [1.54, 1.807) is 51.5 Å². The number of ether oxygens (including phenoxy) is 2. The van der Waals surface area contributed by atoms with E-state index in [1.165, 1.54) is 0 Å². The van der Waals surface area contributed by atoms with Crippen molar-refractivity contribution < 1.29 is 19.1 Å². The lowest BCUT2D eigenvalue weighted by molar-refractivity contribution is -0.164. The van der Waals surface area contributed by atoms with E-state index >= 15 is 0 Å². The molecule has 1 unspecified atom stereocenters. The van der Waals surface area contributed by atoms with E-state index < -0.39 is 5.72 Å². The van der Waals surface area contributed by atoms with Crippen LogP contribution in [0.5, 0.6) is 11.5 Å². The van der Waals surface area contributed by atoms with Gasteiger partial charge >= 0.3 is 0 Å². The van der Waals surface area contributed by atoms with Crippen molar-refractivity contribution in [2.75, 3.05) is 26.6 Å². The Bertz CT molecular complexity index is 890. The highest BCUT2D eigenvalue weighted by Crippen LogP contribution is 2.30. The minimum absolute atomic E-state index is 0.0618. The monoisotopic (exact) mass is 383 g/mol. The van der Waals surface area contributed by atoms with E-state index in [-0.39, 0.29) is 12.3 Å². The molecule has 1 aliphatic rings. The Hall–Kier alpha value is -3.06. The smallest absolute Gasteiger partial charge is 0.229 e. The van der Waals surface area contributed by atoms with E-state index in [4.69, 9.17) is 19.3 Å². The van der Waals surface area contributed by atoms with Crippen LogP contribution >= 0.6 is 0 Å². The van der Waals surface area contributed by atoms with Gasteiger partial charge in [0.1, 0.15) is 11.5 Å². The first-order valence-corrected chi connectivity index (χ1v) is 8.95. The Balaban J connectivity index is 1.76. The molecule has 1 aliphatic heterocycles. The molecule has 1 N–H and O–H groups in total. The highest BCUT2D eigenvalue weighted by Gasteiger charge is 2.38. The third-order valence-electron chi connectivity index (χ3n) is 4.48. The van der Waals surface area contributed by atoms with Gasteiger partial charge in [-0.2, -0.15) is 0 Å². The van der Waals surface area contributed by atoms with Crippen LogP contribution in [0, 0.1) is 6.92 Å². The Kier molecular flexibility index (Phi) is 5.56. The predicted molar refractivity (Wildman–Crippen MR) is 108 cm³/mol. The summed E-state index contributed by atoms with van der Waals surface area (Å²) in [6, 6.07) is 13.1. The lowest BCUT2D eigenvalue weighted by atomic mass is 10.1. The molecule has 1 amide bonds. The van der Waals surface area contributed by atoms with Gasteiger partial charge in [0.25, 0.3) is 0 Å². The summed E-state index contributed by atoms with van der Waals surface area (Å²) in [5.74, 6) is 1.67. The predicted octanol–water partition coefficient (Wildman–Crippen LogP) is 3.38. The van der Waals surface area contributed by atoms with Crippen LogP contribution in [0.15, 0.2) is 47.5 Å². The Morgan fingerprint density at radius 2 is 1.82 bits per heavy atom. The zero-order valence-corrected chi connectivity index (χ0v) is 16.8. The van der Waals surface area contributed by atoms with Gasteiger partial charge in [0.2, 0.25) is 5.91 Å². The second-order valence-electron chi connectivity index (χ2n) is 6.84. The van der Waals surface area contributed by atoms with Gasteiger partial charge < -0.3 is 14.8 Å². The first-order valence-electron chi connectivity index (χ1n) is 8.95. The molecule has 28 heavy (non-hydrogen) atoms. The molecule has 148 valence electrons. The molecule has 1 atom stereocenters. The molecular formula is C21H25N3O4. The topological polar surface area (TPSA) is 72.4 Å². The number of hydrogen-bond acceptors (Lipinski definition) is 6. The first-order chi connectivity index (χ1) is 13.3. The van der Waals surface area contributed by atoms with Gasteiger partial charge in [-0.15, -0.1) is 0 Å². The van der Waals surface area contributed by atoms with Crippen LogP contribution in [0.4, 0.5) is 5.69 Å². The summed E-state index contributed by atoms with van der Waals surface area (Å²) in [5.41, 5.74) is 1.67. The molecule has 7 nitrogen and oxygen atoms in total. The van der Waals surface area contributed by atoms with Crippen LogP contribution in [-0.4, -0.2) is 43.8 Å². The number of amides is 1. The number of aryl methyl sites for hydroxylation is 1. The highest BCUT2D eigenvalue weighted by atomic mass is 16.7. The fourth-order valence-electron chi connectivity index (χ4n) is 3.16. The second-order valence-corrected chi connectivity index (χ2v) is 6.84. The van der Waals surface area contributed by atoms with Gasteiger partial charge in [0.05, 0.1) is 20.6 Å². The number of carbonyl (C=O) groups excluding carboxylic acids is 1. The number of nitrogens with zero attached hydrogens (tertiary/aromatic N) is 2. The van der Waals surface area contributed by atoms with Gasteiger partial charge in [-0.1, -0.05) is 24.3 Å². The number of rotatable bonds is 6. The SMILES string of the molecule is COc1cc(NC(=O)CC2(C)N=C(c3ccccc3C)N(C)O2)cc(OC)c1. The number of carbonyl (C=O) groups is 1. The van der Waals surface area contributed by atoms with E-state index in [0.717, 1.165) is 11.1 Å². The third kappa shape index (κ3) is 4.26. The van der Waals surface area contributed by atoms with E-state index in [1.807, 2.05) is 31.2 Å². The molecular weight excluding hydrogens is 358 g/mol. The molecule has 3 rings (SSSR count). The number of methoxy groups -OCH3 is 2. The summed E-state index contributed by atoms with van der Waals surface area (Å²) in [5, 5.41) is 4.47. The molecule has 2 aromatic rings. The molecule has 0 saturated heterocycles. The standard InChI is InChI=1S/C21H25N3O4/c1-14-8-6-7-9-18(14)20-23-21(2,28-24(20)3)13-19(25)22-15-10-16(26-4)12-17(11-15)27-5/h6-12H,13H2,1-5H3,(H,22,25). The minimum Gasteiger partial charge on any atom is -0.497 e. The molecule has 0 spiro atoms. The highest BCUT2D eigenvalue weighted by molar-refractivity contribution is 6.00. The Labute approximate surface area is 164 Å². The third-order valence-corrected chi connectivity index (χ3v) is 4.48. The Morgan fingerprint density at radius 1 is 1.18 bits per heavy atom. The lowest BCUT2D eigenvalue weighted by Gasteiger charge is -2.21. The van der Waals surface area contributed by atoms with E-state index in [9.17, 15) is 4.79 Å². The number of benzene rings is 2. The van der Waals surface area contributed by atoms with Crippen LogP contribution in [0.25, 0.3) is 0 Å². The number of nitrogens with one attached hydrogen (secondary N) is 1. The van der Waals surface area contributed by atoms with Crippen molar-refractivity contribution in [1.29, 1.82) is 0 Å². The summed E-state index contributed by atoms with van der Waals surface area (Å²) < 4.78 is 10.5. The molecule has 0 saturated carbocycles. The van der Waals surface area contributed by atoms with Gasteiger partial charge in [0.15, 0.2) is 11.6 Å². The van der Waals surface area contributed by atoms with Crippen LogP contribution in [0.3, 0.4) is 0 Å². The molecule has 2 aromatic carbocycles. The molecule has 7 heteroatoms. The maximum atomic E-state index is 12.6. The average molecular weight is 383 g/mol. The van der Waals surface area contributed by atoms with E-state index in [2.05, 4.69) is 5.32 Å². The van der Waals surface area contributed by atoms with Gasteiger partial charge in [0, 0.05) is 36.5 Å². The fourth-order valence-corrected chi connectivity index (χ4v) is 3.16. The summed E-state index contributed by atoms with van der Waals surface area (Å²) >= 11 is 0. The Morgan fingerprint density at radius 3 is 2.43 bits per heavy atom. The quantitative estimate of drug-likeness (QED) is 0.828.